The zero-order valence-electron chi connectivity index (χ0n) is 31.8. The minimum atomic E-state index is -6.20. The molecule has 7 atom stereocenters. The summed E-state index contributed by atoms with van der Waals surface area (Å²) in [4.78, 5) is 0. The minimum Gasteiger partial charge on any atom is -0.494 e. The van der Waals surface area contributed by atoms with Gasteiger partial charge in [0, 0.05) is 17.1 Å². The molecule has 4 fully saturated rings. The van der Waals surface area contributed by atoms with Crippen LogP contribution in [0.5, 0.6) is 5.75 Å². The van der Waals surface area contributed by atoms with Crippen molar-refractivity contribution in [3.8, 4) is 5.75 Å². The summed E-state index contributed by atoms with van der Waals surface area (Å²) < 4.78 is 104. The second kappa shape index (κ2) is 14.2. The van der Waals surface area contributed by atoms with Crippen LogP contribution in [0.4, 0.5) is 13.2 Å². The van der Waals surface area contributed by atoms with Gasteiger partial charge in [0.15, 0.2) is 5.75 Å². The summed E-state index contributed by atoms with van der Waals surface area (Å²) in [6.07, 6.45) is -0.922. The lowest BCUT2D eigenvalue weighted by Gasteiger charge is -2.68. The van der Waals surface area contributed by atoms with Gasteiger partial charge in [0.1, 0.15) is 37.9 Å². The molecule has 3 aromatic rings. The van der Waals surface area contributed by atoms with Crippen LogP contribution in [-0.4, -0.2) is 53.7 Å². The van der Waals surface area contributed by atoms with Gasteiger partial charge in [0.2, 0.25) is 0 Å². The first-order valence-electron chi connectivity index (χ1n) is 18.6. The largest absolute Gasteiger partial charge is 0.534 e. The Hall–Kier alpha value is -3.40. The Labute approximate surface area is 321 Å². The maximum Gasteiger partial charge on any atom is 0.534 e. The van der Waals surface area contributed by atoms with Crippen LogP contribution in [0, 0.1) is 28.1 Å². The number of hydrogen-bond donors (Lipinski definition) is 1. The molecule has 298 valence electrons. The quantitative estimate of drug-likeness (QED) is 0.0383. The summed E-state index contributed by atoms with van der Waals surface area (Å²) in [5.41, 5.74) is -6.28. The number of aliphatic hydroxyl groups is 1. The SMILES string of the molecule is C=C1[C@@]23C(OS(=O)(=O)C(F)(F)F)=C([C@@H](O)c4cc(OC)c([Si](C)(C)C)o4)CC[C@@]2(C)[C@]1([C@@H]1C[C@H]1COCc1ccccc1)C[C@@H]3OCOCc1ccccc1. The van der Waals surface area contributed by atoms with Crippen LogP contribution in [0.3, 0.4) is 0 Å². The fraction of sp³-hybridized carbons (Fsp3) is 0.512. The smallest absolute Gasteiger partial charge is 0.494 e. The second-order valence-corrected chi connectivity index (χ2v) is 23.0. The van der Waals surface area contributed by atoms with Crippen molar-refractivity contribution in [2.24, 2.45) is 28.1 Å². The number of ether oxygens (including phenoxy) is 4. The van der Waals surface area contributed by atoms with E-state index in [0.717, 1.165) is 17.5 Å². The lowest BCUT2D eigenvalue weighted by Crippen LogP contribution is -2.65. The van der Waals surface area contributed by atoms with E-state index in [-0.39, 0.29) is 43.0 Å². The van der Waals surface area contributed by atoms with Crippen molar-refractivity contribution < 1.29 is 54.2 Å². The van der Waals surface area contributed by atoms with Crippen LogP contribution in [0.25, 0.3) is 0 Å². The topological polar surface area (TPSA) is 114 Å². The number of methoxy groups -OCH3 is 1. The first-order chi connectivity index (χ1) is 25.9. The molecule has 1 N–H and O–H groups in total. The lowest BCUT2D eigenvalue weighted by atomic mass is 9.34. The van der Waals surface area contributed by atoms with Crippen LogP contribution in [-0.2, 0) is 41.7 Å². The van der Waals surface area contributed by atoms with E-state index in [2.05, 4.69) is 6.58 Å². The van der Waals surface area contributed by atoms with E-state index in [9.17, 15) is 26.7 Å². The van der Waals surface area contributed by atoms with Crippen molar-refractivity contribution in [2.75, 3.05) is 20.5 Å². The van der Waals surface area contributed by atoms with Gasteiger partial charge in [-0.15, -0.1) is 0 Å². The molecule has 5 aliphatic rings. The van der Waals surface area contributed by atoms with E-state index in [0.29, 0.717) is 42.8 Å². The Kier molecular flexibility index (Phi) is 10.3. The zero-order chi connectivity index (χ0) is 39.6. The fourth-order valence-corrected chi connectivity index (χ4v) is 11.9. The van der Waals surface area contributed by atoms with Gasteiger partial charge >= 0.3 is 15.6 Å². The van der Waals surface area contributed by atoms with Gasteiger partial charge in [-0.1, -0.05) is 99.4 Å². The number of fused-ring (bicyclic) bond motifs is 1. The average Bonchev–Trinajstić information content (AvgIpc) is 3.55. The van der Waals surface area contributed by atoms with E-state index in [1.165, 1.54) is 13.2 Å². The molecule has 2 bridgehead atoms. The van der Waals surface area contributed by atoms with Crippen molar-refractivity contribution in [1.29, 1.82) is 0 Å². The number of alkyl halides is 3. The molecule has 0 amide bonds. The molecule has 5 aliphatic carbocycles. The van der Waals surface area contributed by atoms with E-state index >= 15 is 0 Å². The number of hydrogen-bond acceptors (Lipinski definition) is 9. The molecular weight excluding hydrogens is 754 g/mol. The standard InChI is InChI=1S/C41H49F3O9SSi/c1-26-39(31-19-29(31)24-49-22-27-13-9-7-10-14-27)21-34(51-25-50-23-28-15-11-8-12-16-28)40(26)36(53-54(46,47)41(42,43)44)30(17-18-38(39,40)2)35(45)32-20-33(48-3)37(52-32)55(4,5)6/h7-16,20,29,31,34-35,45H,1,17-19,21-25H2,2-6H3/t29-,31+,34-,35+,38-,39+,40+/m0/s1. The molecule has 0 radical (unpaired) electrons. The van der Waals surface area contributed by atoms with E-state index < -0.39 is 57.9 Å². The summed E-state index contributed by atoms with van der Waals surface area (Å²) >= 11 is 0. The summed E-state index contributed by atoms with van der Waals surface area (Å²) in [7, 11) is -6.90. The Morgan fingerprint density at radius 3 is 2.20 bits per heavy atom. The van der Waals surface area contributed by atoms with Gasteiger partial charge in [-0.05, 0) is 54.1 Å². The van der Waals surface area contributed by atoms with E-state index in [1.807, 2.05) is 87.2 Å². The van der Waals surface area contributed by atoms with Gasteiger partial charge in [-0.25, -0.2) is 0 Å². The van der Waals surface area contributed by atoms with Crippen molar-refractivity contribution in [2.45, 2.75) is 83.2 Å². The number of rotatable bonds is 16. The Balaban J connectivity index is 1.28. The maximum atomic E-state index is 14.2. The number of halogens is 3. The zero-order valence-corrected chi connectivity index (χ0v) is 33.6. The lowest BCUT2D eigenvalue weighted by molar-refractivity contribution is -0.160. The highest BCUT2D eigenvalue weighted by atomic mass is 32.2. The highest BCUT2D eigenvalue weighted by molar-refractivity contribution is 7.87. The molecule has 0 unspecified atom stereocenters. The van der Waals surface area contributed by atoms with E-state index in [1.54, 1.807) is 0 Å². The predicted octanol–water partition coefficient (Wildman–Crippen LogP) is 8.15. The minimum absolute atomic E-state index is 0.0189. The molecule has 0 aliphatic heterocycles. The number of furan rings is 1. The highest BCUT2D eigenvalue weighted by Crippen LogP contribution is 2.90. The van der Waals surface area contributed by atoms with Gasteiger partial charge in [0.25, 0.3) is 0 Å². The Morgan fingerprint density at radius 1 is 1.02 bits per heavy atom. The van der Waals surface area contributed by atoms with Crippen molar-refractivity contribution >= 4 is 23.6 Å². The van der Waals surface area contributed by atoms with Gasteiger partial charge in [0.05, 0.1) is 38.4 Å². The van der Waals surface area contributed by atoms with Crippen molar-refractivity contribution in [3.05, 3.63) is 107 Å². The fourth-order valence-electron chi connectivity index (χ4n) is 10.0. The maximum absolute atomic E-state index is 14.2. The third-order valence-corrected chi connectivity index (χ3v) is 15.2. The van der Waals surface area contributed by atoms with Crippen LogP contribution in [0.15, 0.2) is 94.6 Å². The van der Waals surface area contributed by atoms with Crippen LogP contribution < -0.4 is 10.1 Å². The van der Waals surface area contributed by atoms with Crippen LogP contribution >= 0.6 is 0 Å². The van der Waals surface area contributed by atoms with E-state index in [4.69, 9.17) is 27.5 Å². The summed E-state index contributed by atoms with van der Waals surface area (Å²) in [6.45, 7) is 13.5. The molecule has 9 nitrogen and oxygen atoms in total. The third kappa shape index (κ3) is 6.40. The molecule has 0 saturated heterocycles. The molecule has 1 heterocycles. The first kappa shape index (κ1) is 39.8. The predicted molar refractivity (Wildman–Crippen MR) is 201 cm³/mol. The Morgan fingerprint density at radius 2 is 1.64 bits per heavy atom. The molecular formula is C41H49F3O9SSi. The molecule has 1 spiro atoms. The monoisotopic (exact) mass is 802 g/mol. The van der Waals surface area contributed by atoms with Crippen LogP contribution in [0.1, 0.15) is 55.6 Å². The average molecular weight is 803 g/mol. The number of aliphatic hydroxyl groups excluding tert-OH is 1. The van der Waals surface area contributed by atoms with Gasteiger partial charge in [-0.3, -0.25) is 0 Å². The summed E-state index contributed by atoms with van der Waals surface area (Å²) in [5.74, 6) is 0.133. The molecule has 2 aromatic carbocycles. The summed E-state index contributed by atoms with van der Waals surface area (Å²) in [5, 5.41) is 12.6. The van der Waals surface area contributed by atoms with Crippen LogP contribution in [0.2, 0.25) is 19.6 Å². The molecule has 4 saturated carbocycles. The van der Waals surface area contributed by atoms with Gasteiger partial charge < -0.3 is 32.7 Å². The highest BCUT2D eigenvalue weighted by Gasteiger charge is 2.88. The normalized spacial score (nSPS) is 29.5. The first-order valence-corrected chi connectivity index (χ1v) is 23.5. The van der Waals surface area contributed by atoms with Crippen molar-refractivity contribution in [1.82, 2.24) is 0 Å². The Bertz CT molecular complexity index is 2050. The molecule has 14 heteroatoms. The van der Waals surface area contributed by atoms with Gasteiger partial charge in [-0.2, -0.15) is 21.6 Å². The molecule has 55 heavy (non-hydrogen) atoms. The third-order valence-electron chi connectivity index (χ3n) is 12.6. The number of benzene rings is 2. The molecule has 8 rings (SSSR count). The summed E-state index contributed by atoms with van der Waals surface area (Å²) in [6, 6.07) is 20.8. The molecule has 1 aromatic heterocycles. The van der Waals surface area contributed by atoms with Crippen molar-refractivity contribution in [3.63, 3.8) is 0 Å². The second-order valence-electron chi connectivity index (χ2n) is 16.5.